The third kappa shape index (κ3) is 3.04. The quantitative estimate of drug-likeness (QED) is 0.566. The highest BCUT2D eigenvalue weighted by atomic mass is 14.7. The summed E-state index contributed by atoms with van der Waals surface area (Å²) in [5.74, 6) is 0. The van der Waals surface area contributed by atoms with Crippen LogP contribution in [0.2, 0.25) is 0 Å². The van der Waals surface area contributed by atoms with Crippen molar-refractivity contribution >= 4 is 5.71 Å². The van der Waals surface area contributed by atoms with E-state index in [0.29, 0.717) is 0 Å². The summed E-state index contributed by atoms with van der Waals surface area (Å²) in [4.78, 5) is 4.15. The van der Waals surface area contributed by atoms with Gasteiger partial charge in [-0.15, -0.1) is 0 Å². The van der Waals surface area contributed by atoms with Gasteiger partial charge in [-0.3, -0.25) is 4.99 Å². The third-order valence-corrected chi connectivity index (χ3v) is 2.08. The molecule has 1 heteroatoms. The van der Waals surface area contributed by atoms with E-state index < -0.39 is 0 Å². The topological polar surface area (TPSA) is 12.4 Å². The van der Waals surface area contributed by atoms with Crippen LogP contribution in [-0.4, -0.2) is 12.8 Å². The van der Waals surface area contributed by atoms with Gasteiger partial charge in [-0.25, -0.2) is 0 Å². The molecule has 0 aliphatic carbocycles. The van der Waals surface area contributed by atoms with Crippen LogP contribution in [0.1, 0.15) is 33.6 Å². The minimum absolute atomic E-state index is 1.01. The number of nitrogens with zero attached hydrogens (tertiary/aromatic N) is 1. The lowest BCUT2D eigenvalue weighted by Gasteiger charge is -2.05. The average Bonchev–Trinajstić information content (AvgIpc) is 2.07. The monoisotopic (exact) mass is 165 g/mol. The van der Waals surface area contributed by atoms with Crippen LogP contribution in [0.4, 0.5) is 0 Å². The lowest BCUT2D eigenvalue weighted by Crippen LogP contribution is -1.98. The molecule has 0 amide bonds. The van der Waals surface area contributed by atoms with Crippen molar-refractivity contribution in [3.63, 3.8) is 0 Å². The van der Waals surface area contributed by atoms with Crippen molar-refractivity contribution in [2.24, 2.45) is 4.99 Å². The molecule has 0 spiro atoms. The lowest BCUT2D eigenvalue weighted by molar-refractivity contribution is 0.898. The van der Waals surface area contributed by atoms with Gasteiger partial charge in [0.15, 0.2) is 0 Å². The Morgan fingerprint density at radius 3 is 2.33 bits per heavy atom. The Morgan fingerprint density at radius 2 is 2.00 bits per heavy atom. The normalized spacial score (nSPS) is 14.2. The Bertz CT molecular complexity index is 209. The fourth-order valence-corrected chi connectivity index (χ4v) is 1.19. The van der Waals surface area contributed by atoms with Gasteiger partial charge in [0.1, 0.15) is 0 Å². The van der Waals surface area contributed by atoms with Gasteiger partial charge < -0.3 is 0 Å². The second kappa shape index (κ2) is 5.76. The number of aliphatic imine (C=N–C) groups is 1. The predicted molar refractivity (Wildman–Crippen MR) is 56.8 cm³/mol. The van der Waals surface area contributed by atoms with Crippen molar-refractivity contribution in [3.05, 3.63) is 23.8 Å². The molecule has 1 nitrogen and oxygen atoms in total. The second-order valence-electron chi connectivity index (χ2n) is 2.97. The zero-order valence-corrected chi connectivity index (χ0v) is 8.65. The Morgan fingerprint density at radius 1 is 1.42 bits per heavy atom. The Kier molecular flexibility index (Phi) is 5.35. The molecule has 0 saturated heterocycles. The van der Waals surface area contributed by atoms with E-state index in [2.05, 4.69) is 32.3 Å². The maximum atomic E-state index is 4.15. The van der Waals surface area contributed by atoms with Gasteiger partial charge in [0.2, 0.25) is 0 Å². The summed E-state index contributed by atoms with van der Waals surface area (Å²) in [6.45, 7) is 10.2. The van der Waals surface area contributed by atoms with Gasteiger partial charge in [0.05, 0.1) is 5.71 Å². The number of allylic oxidation sites excluding steroid dienone is 3. The first-order valence-electron chi connectivity index (χ1n) is 4.43. The van der Waals surface area contributed by atoms with E-state index >= 15 is 0 Å². The molecule has 0 radical (unpaired) electrons. The highest BCUT2D eigenvalue weighted by Crippen LogP contribution is 2.11. The molecule has 0 aromatic heterocycles. The predicted octanol–water partition coefficient (Wildman–Crippen LogP) is 3.38. The first-order valence-corrected chi connectivity index (χ1v) is 4.43. The highest BCUT2D eigenvalue weighted by molar-refractivity contribution is 6.08. The molecule has 0 aromatic carbocycles. The van der Waals surface area contributed by atoms with E-state index in [0.717, 1.165) is 12.1 Å². The summed E-state index contributed by atoms with van der Waals surface area (Å²) in [5, 5.41) is 0. The summed E-state index contributed by atoms with van der Waals surface area (Å²) in [6.07, 6.45) is 4.16. The Balaban J connectivity index is 4.63. The number of rotatable bonds is 4. The molecule has 68 valence electrons. The van der Waals surface area contributed by atoms with Crippen LogP contribution in [0, 0.1) is 0 Å². The summed E-state index contributed by atoms with van der Waals surface area (Å²) in [6, 6.07) is 0. The maximum Gasteiger partial charge on any atom is 0.0593 e. The van der Waals surface area contributed by atoms with E-state index in [1.54, 1.807) is 7.05 Å². The minimum Gasteiger partial charge on any atom is -0.288 e. The van der Waals surface area contributed by atoms with E-state index in [9.17, 15) is 0 Å². The van der Waals surface area contributed by atoms with Crippen molar-refractivity contribution in [2.45, 2.75) is 33.6 Å². The summed E-state index contributed by atoms with van der Waals surface area (Å²) < 4.78 is 0. The fourth-order valence-electron chi connectivity index (χ4n) is 1.19. The first kappa shape index (κ1) is 11.2. The largest absolute Gasteiger partial charge is 0.288 e. The molecule has 0 aromatic rings. The molecule has 0 fully saturated rings. The van der Waals surface area contributed by atoms with E-state index in [1.165, 1.54) is 17.6 Å². The van der Waals surface area contributed by atoms with Crippen LogP contribution < -0.4 is 0 Å². The van der Waals surface area contributed by atoms with Gasteiger partial charge in [-0.05, 0) is 31.9 Å². The smallest absolute Gasteiger partial charge is 0.0593 e. The van der Waals surface area contributed by atoms with Gasteiger partial charge >= 0.3 is 0 Å². The van der Waals surface area contributed by atoms with Gasteiger partial charge in [0.25, 0.3) is 0 Å². The molecule has 0 atom stereocenters. The Labute approximate surface area is 75.9 Å². The molecule has 0 aliphatic rings. The summed E-state index contributed by atoms with van der Waals surface area (Å²) >= 11 is 0. The summed E-state index contributed by atoms with van der Waals surface area (Å²) in [7, 11) is 1.81. The van der Waals surface area contributed by atoms with Crippen LogP contribution in [0.15, 0.2) is 28.8 Å². The molecule has 0 unspecified atom stereocenters. The van der Waals surface area contributed by atoms with E-state index in [-0.39, 0.29) is 0 Å². The SMILES string of the molecule is C=CC(=NC)/C(C)=C(/C)CCC. The molecular weight excluding hydrogens is 146 g/mol. The van der Waals surface area contributed by atoms with E-state index in [1.807, 2.05) is 6.08 Å². The second-order valence-corrected chi connectivity index (χ2v) is 2.97. The molecule has 12 heavy (non-hydrogen) atoms. The average molecular weight is 165 g/mol. The fraction of sp³-hybridized carbons (Fsp3) is 0.545. The third-order valence-electron chi connectivity index (χ3n) is 2.08. The molecule has 0 N–H and O–H groups in total. The summed E-state index contributed by atoms with van der Waals surface area (Å²) in [5.41, 5.74) is 3.70. The zero-order chi connectivity index (χ0) is 9.56. The van der Waals surface area contributed by atoms with Gasteiger partial charge in [0, 0.05) is 7.05 Å². The maximum absolute atomic E-state index is 4.15. The van der Waals surface area contributed by atoms with Crippen LogP contribution in [0.3, 0.4) is 0 Å². The minimum atomic E-state index is 1.01. The number of hydrogen-bond acceptors (Lipinski definition) is 1. The highest BCUT2D eigenvalue weighted by Gasteiger charge is 1.99. The van der Waals surface area contributed by atoms with Crippen molar-refractivity contribution in [1.82, 2.24) is 0 Å². The van der Waals surface area contributed by atoms with Crippen molar-refractivity contribution in [3.8, 4) is 0 Å². The molecule has 0 aliphatic heterocycles. The molecule has 0 rings (SSSR count). The van der Waals surface area contributed by atoms with Crippen LogP contribution in [-0.2, 0) is 0 Å². The molecule has 0 bridgehead atoms. The van der Waals surface area contributed by atoms with Crippen LogP contribution in [0.5, 0.6) is 0 Å². The first-order chi connectivity index (χ1) is 5.67. The van der Waals surface area contributed by atoms with Crippen LogP contribution >= 0.6 is 0 Å². The van der Waals surface area contributed by atoms with Gasteiger partial charge in [-0.1, -0.05) is 25.5 Å². The van der Waals surface area contributed by atoms with Crippen molar-refractivity contribution in [1.29, 1.82) is 0 Å². The van der Waals surface area contributed by atoms with Crippen molar-refractivity contribution < 1.29 is 0 Å². The molecular formula is C11H19N. The number of hydrogen-bond donors (Lipinski definition) is 0. The van der Waals surface area contributed by atoms with Gasteiger partial charge in [-0.2, -0.15) is 0 Å². The lowest BCUT2D eigenvalue weighted by atomic mass is 10.0. The van der Waals surface area contributed by atoms with Crippen LogP contribution in [0.25, 0.3) is 0 Å². The zero-order valence-electron chi connectivity index (χ0n) is 8.65. The van der Waals surface area contributed by atoms with Crippen molar-refractivity contribution in [2.75, 3.05) is 7.05 Å². The standard InChI is InChI=1S/C11H19N/c1-6-8-9(3)10(4)11(7-2)12-5/h7H,2,6,8H2,1,3-5H3/b10-9-,12-11?. The van der Waals surface area contributed by atoms with E-state index in [4.69, 9.17) is 0 Å². The molecule has 0 heterocycles. The Hall–Kier alpha value is -0.850. The molecule has 0 saturated carbocycles.